The summed E-state index contributed by atoms with van der Waals surface area (Å²) in [5.74, 6) is 0.768. The predicted molar refractivity (Wildman–Crippen MR) is 83.0 cm³/mol. The molecule has 0 saturated carbocycles. The first-order chi connectivity index (χ1) is 10.3. The number of carbonyl (C=O) groups is 1. The topological polar surface area (TPSA) is 42.2 Å². The van der Waals surface area contributed by atoms with Crippen LogP contribution < -0.4 is 5.32 Å². The molecule has 21 heavy (non-hydrogen) atoms. The van der Waals surface area contributed by atoms with Gasteiger partial charge in [0.15, 0.2) is 0 Å². The van der Waals surface area contributed by atoms with Gasteiger partial charge in [-0.1, -0.05) is 36.4 Å². The van der Waals surface area contributed by atoms with Crippen LogP contribution in [-0.4, -0.2) is 13.0 Å². The summed E-state index contributed by atoms with van der Waals surface area (Å²) in [5, 5.41) is 2.64. The lowest BCUT2D eigenvalue weighted by Gasteiger charge is -2.06. The first kappa shape index (κ1) is 13.2. The van der Waals surface area contributed by atoms with Crippen molar-refractivity contribution in [1.29, 1.82) is 0 Å². The van der Waals surface area contributed by atoms with Crippen LogP contribution in [-0.2, 0) is 0 Å². The summed E-state index contributed by atoms with van der Waals surface area (Å²) < 4.78 is 5.38. The highest BCUT2D eigenvalue weighted by molar-refractivity contribution is 5.95. The summed E-state index contributed by atoms with van der Waals surface area (Å²) in [4.78, 5) is 11.7. The Kier molecular flexibility index (Phi) is 3.56. The average Bonchev–Trinajstić information content (AvgIpc) is 3.09. The summed E-state index contributed by atoms with van der Waals surface area (Å²) >= 11 is 0. The molecule has 0 aliphatic rings. The van der Waals surface area contributed by atoms with E-state index in [0.717, 1.165) is 22.5 Å². The molecular weight excluding hydrogens is 262 g/mol. The van der Waals surface area contributed by atoms with Gasteiger partial charge in [0.25, 0.3) is 5.91 Å². The van der Waals surface area contributed by atoms with E-state index in [2.05, 4.69) is 5.32 Å². The zero-order valence-electron chi connectivity index (χ0n) is 11.7. The minimum absolute atomic E-state index is 0.0796. The molecule has 0 unspecified atom stereocenters. The number of furan rings is 1. The van der Waals surface area contributed by atoms with Crippen molar-refractivity contribution in [2.24, 2.45) is 0 Å². The van der Waals surface area contributed by atoms with Crippen molar-refractivity contribution in [2.45, 2.75) is 0 Å². The predicted octanol–water partition coefficient (Wildman–Crippen LogP) is 3.97. The molecule has 0 atom stereocenters. The fraction of sp³-hybridized carbons (Fsp3) is 0.0556. The average molecular weight is 277 g/mol. The molecule has 1 amide bonds. The lowest BCUT2D eigenvalue weighted by Crippen LogP contribution is -2.17. The van der Waals surface area contributed by atoms with Crippen LogP contribution in [0.25, 0.3) is 22.5 Å². The SMILES string of the molecule is CNC(=O)c1cccc(-c2ccc(-c3ccco3)cc2)c1. The van der Waals surface area contributed by atoms with Crippen LogP contribution in [0.1, 0.15) is 10.4 Å². The zero-order valence-corrected chi connectivity index (χ0v) is 11.7. The van der Waals surface area contributed by atoms with Crippen LogP contribution >= 0.6 is 0 Å². The first-order valence-electron chi connectivity index (χ1n) is 6.74. The third-order valence-corrected chi connectivity index (χ3v) is 3.38. The highest BCUT2D eigenvalue weighted by atomic mass is 16.3. The smallest absolute Gasteiger partial charge is 0.251 e. The third-order valence-electron chi connectivity index (χ3n) is 3.38. The summed E-state index contributed by atoms with van der Waals surface area (Å²) in [6.45, 7) is 0. The molecule has 0 bridgehead atoms. The van der Waals surface area contributed by atoms with Gasteiger partial charge >= 0.3 is 0 Å². The number of benzene rings is 2. The van der Waals surface area contributed by atoms with E-state index in [-0.39, 0.29) is 5.91 Å². The first-order valence-corrected chi connectivity index (χ1v) is 6.74. The van der Waals surface area contributed by atoms with Gasteiger partial charge in [-0.15, -0.1) is 0 Å². The minimum atomic E-state index is -0.0796. The Morgan fingerprint density at radius 2 is 1.67 bits per heavy atom. The Labute approximate surface area is 123 Å². The molecule has 1 heterocycles. The van der Waals surface area contributed by atoms with Crippen LogP contribution in [0.5, 0.6) is 0 Å². The number of hydrogen-bond acceptors (Lipinski definition) is 2. The van der Waals surface area contributed by atoms with Crippen molar-refractivity contribution in [3.63, 3.8) is 0 Å². The van der Waals surface area contributed by atoms with Crippen molar-refractivity contribution in [3.05, 3.63) is 72.5 Å². The molecule has 0 aliphatic carbocycles. The van der Waals surface area contributed by atoms with Gasteiger partial charge in [-0.2, -0.15) is 0 Å². The molecule has 3 rings (SSSR count). The second-order valence-corrected chi connectivity index (χ2v) is 4.71. The van der Waals surface area contributed by atoms with Crippen LogP contribution in [0.15, 0.2) is 71.3 Å². The van der Waals surface area contributed by atoms with Crippen molar-refractivity contribution in [1.82, 2.24) is 5.32 Å². The molecule has 104 valence electrons. The molecule has 1 aromatic heterocycles. The number of nitrogens with one attached hydrogen (secondary N) is 1. The van der Waals surface area contributed by atoms with Gasteiger partial charge in [0.2, 0.25) is 0 Å². The summed E-state index contributed by atoms with van der Waals surface area (Å²) in [5.41, 5.74) is 3.77. The largest absolute Gasteiger partial charge is 0.464 e. The second-order valence-electron chi connectivity index (χ2n) is 4.71. The van der Waals surface area contributed by atoms with Gasteiger partial charge in [0.05, 0.1) is 6.26 Å². The fourth-order valence-electron chi connectivity index (χ4n) is 2.25. The van der Waals surface area contributed by atoms with E-state index in [1.54, 1.807) is 19.4 Å². The molecule has 2 aromatic carbocycles. The van der Waals surface area contributed by atoms with Crippen LogP contribution in [0.2, 0.25) is 0 Å². The molecular formula is C18H15NO2. The molecule has 3 heteroatoms. The van der Waals surface area contributed by atoms with Crippen LogP contribution in [0, 0.1) is 0 Å². The van der Waals surface area contributed by atoms with Gasteiger partial charge in [-0.05, 0) is 35.4 Å². The molecule has 0 radical (unpaired) electrons. The molecule has 0 fully saturated rings. The minimum Gasteiger partial charge on any atom is -0.464 e. The summed E-state index contributed by atoms with van der Waals surface area (Å²) in [6.07, 6.45) is 1.66. The Morgan fingerprint density at radius 3 is 2.33 bits per heavy atom. The van der Waals surface area contributed by atoms with E-state index in [0.29, 0.717) is 5.56 Å². The van der Waals surface area contributed by atoms with Crippen LogP contribution in [0.3, 0.4) is 0 Å². The molecule has 1 N–H and O–H groups in total. The van der Waals surface area contributed by atoms with E-state index in [4.69, 9.17) is 4.42 Å². The van der Waals surface area contributed by atoms with Gasteiger partial charge in [0.1, 0.15) is 5.76 Å². The Balaban J connectivity index is 1.92. The third kappa shape index (κ3) is 2.72. The quantitative estimate of drug-likeness (QED) is 0.787. The summed E-state index contributed by atoms with van der Waals surface area (Å²) in [7, 11) is 1.63. The number of amides is 1. The van der Waals surface area contributed by atoms with E-state index in [9.17, 15) is 4.79 Å². The number of hydrogen-bond donors (Lipinski definition) is 1. The second kappa shape index (κ2) is 5.67. The molecule has 0 saturated heterocycles. The number of carbonyl (C=O) groups excluding carboxylic acids is 1. The van der Waals surface area contributed by atoms with Crippen LogP contribution in [0.4, 0.5) is 0 Å². The monoisotopic (exact) mass is 277 g/mol. The van der Waals surface area contributed by atoms with E-state index < -0.39 is 0 Å². The van der Waals surface area contributed by atoms with Gasteiger partial charge in [0, 0.05) is 18.2 Å². The molecule has 3 nitrogen and oxygen atoms in total. The van der Waals surface area contributed by atoms with E-state index >= 15 is 0 Å². The normalized spacial score (nSPS) is 10.3. The Bertz CT molecular complexity index is 743. The lowest BCUT2D eigenvalue weighted by molar-refractivity contribution is 0.0963. The molecule has 0 aliphatic heterocycles. The standard InChI is InChI=1S/C18H15NO2/c1-19-18(20)16-5-2-4-15(12-16)13-7-9-14(10-8-13)17-6-3-11-21-17/h2-12H,1H3,(H,19,20). The fourth-order valence-corrected chi connectivity index (χ4v) is 2.25. The van der Waals surface area contributed by atoms with Crippen molar-refractivity contribution >= 4 is 5.91 Å². The maximum absolute atomic E-state index is 11.7. The van der Waals surface area contributed by atoms with Crippen molar-refractivity contribution in [2.75, 3.05) is 7.05 Å². The highest BCUT2D eigenvalue weighted by Crippen LogP contribution is 2.25. The zero-order chi connectivity index (χ0) is 14.7. The van der Waals surface area contributed by atoms with E-state index in [1.165, 1.54) is 0 Å². The Hall–Kier alpha value is -2.81. The van der Waals surface area contributed by atoms with Gasteiger partial charge in [-0.3, -0.25) is 4.79 Å². The number of rotatable bonds is 3. The lowest BCUT2D eigenvalue weighted by atomic mass is 10.0. The Morgan fingerprint density at radius 1 is 0.905 bits per heavy atom. The van der Waals surface area contributed by atoms with Crippen molar-refractivity contribution < 1.29 is 9.21 Å². The van der Waals surface area contributed by atoms with E-state index in [1.807, 2.05) is 54.6 Å². The maximum atomic E-state index is 11.7. The van der Waals surface area contributed by atoms with Gasteiger partial charge in [-0.25, -0.2) is 0 Å². The molecule has 3 aromatic rings. The van der Waals surface area contributed by atoms with Gasteiger partial charge < -0.3 is 9.73 Å². The molecule has 0 spiro atoms. The summed E-state index contributed by atoms with van der Waals surface area (Å²) in [6, 6.07) is 19.5. The highest BCUT2D eigenvalue weighted by Gasteiger charge is 2.06. The van der Waals surface area contributed by atoms with Crippen molar-refractivity contribution in [3.8, 4) is 22.5 Å². The maximum Gasteiger partial charge on any atom is 0.251 e.